The number of aromatic nitrogens is 2. The Balaban J connectivity index is 2.06. The van der Waals surface area contributed by atoms with Gasteiger partial charge in [0.15, 0.2) is 5.16 Å². The van der Waals surface area contributed by atoms with Gasteiger partial charge in [0.25, 0.3) is 0 Å². The Morgan fingerprint density at radius 3 is 2.71 bits per heavy atom. The van der Waals surface area contributed by atoms with Crippen LogP contribution in [0.3, 0.4) is 0 Å². The van der Waals surface area contributed by atoms with Crippen LogP contribution in [-0.4, -0.2) is 64.9 Å². The summed E-state index contributed by atoms with van der Waals surface area (Å²) in [6, 6.07) is 0. The van der Waals surface area contributed by atoms with Crippen molar-refractivity contribution in [3.63, 3.8) is 0 Å². The van der Waals surface area contributed by atoms with Gasteiger partial charge < -0.3 is 20.1 Å². The van der Waals surface area contributed by atoms with Gasteiger partial charge in [0.1, 0.15) is 11.4 Å². The Hall–Kier alpha value is -1.87. The summed E-state index contributed by atoms with van der Waals surface area (Å²) in [6.07, 6.45) is 1.98. The Labute approximate surface area is 145 Å². The van der Waals surface area contributed by atoms with Crippen molar-refractivity contribution in [1.82, 2.24) is 14.9 Å². The summed E-state index contributed by atoms with van der Waals surface area (Å²) in [5.74, 6) is -0.454. The number of amides is 1. The number of nitrogen functional groups attached to an aromatic ring is 1. The van der Waals surface area contributed by atoms with Crippen molar-refractivity contribution in [1.29, 1.82) is 0 Å². The number of nitrogens with two attached hydrogens (primary N) is 1. The lowest BCUT2D eigenvalue weighted by Crippen LogP contribution is -2.44. The van der Waals surface area contributed by atoms with E-state index >= 15 is 0 Å². The predicted molar refractivity (Wildman–Crippen MR) is 89.7 cm³/mol. The number of esters is 1. The molecule has 2 rings (SSSR count). The smallest absolute Gasteiger partial charge is 0.343 e. The number of morpholine rings is 1. The molecule has 0 spiro atoms. The summed E-state index contributed by atoms with van der Waals surface area (Å²) in [6.45, 7) is 6.21. The van der Waals surface area contributed by atoms with E-state index < -0.39 is 5.97 Å². The summed E-state index contributed by atoms with van der Waals surface area (Å²) in [5, 5.41) is 0.0740. The molecule has 8 nitrogen and oxygen atoms in total. The first-order chi connectivity index (χ1) is 11.6. The summed E-state index contributed by atoms with van der Waals surface area (Å²) in [4.78, 5) is 34.3. The largest absolute Gasteiger partial charge is 0.462 e. The lowest BCUT2D eigenvalue weighted by atomic mass is 10.2. The maximum absolute atomic E-state index is 12.6. The number of hydrogen-bond acceptors (Lipinski definition) is 8. The minimum Gasteiger partial charge on any atom is -0.462 e. The third-order valence-corrected chi connectivity index (χ3v) is 4.74. The van der Waals surface area contributed by atoms with Gasteiger partial charge in [0, 0.05) is 19.3 Å². The van der Waals surface area contributed by atoms with Crippen molar-refractivity contribution in [3.05, 3.63) is 11.8 Å². The average Bonchev–Trinajstić information content (AvgIpc) is 2.60. The van der Waals surface area contributed by atoms with Crippen molar-refractivity contribution < 1.29 is 19.1 Å². The second kappa shape index (κ2) is 8.84. The number of carbonyl (C=O) groups is 2. The van der Waals surface area contributed by atoms with Crippen LogP contribution in [0.4, 0.5) is 5.82 Å². The fourth-order valence-electron chi connectivity index (χ4n) is 2.22. The molecule has 0 aliphatic carbocycles. The van der Waals surface area contributed by atoms with E-state index in [4.69, 9.17) is 15.2 Å². The first-order valence-corrected chi connectivity index (χ1v) is 8.77. The van der Waals surface area contributed by atoms with E-state index in [1.54, 1.807) is 11.8 Å². The molecule has 1 amide bonds. The fraction of sp³-hybridized carbons (Fsp3) is 0.600. The molecule has 9 heteroatoms. The molecule has 1 aromatic heterocycles. The zero-order valence-electron chi connectivity index (χ0n) is 13.9. The lowest BCUT2D eigenvalue weighted by Gasteiger charge is -2.29. The van der Waals surface area contributed by atoms with Crippen molar-refractivity contribution in [2.75, 3.05) is 38.6 Å². The number of rotatable bonds is 6. The molecule has 1 saturated heterocycles. The Bertz CT molecular complexity index is 593. The van der Waals surface area contributed by atoms with Crippen LogP contribution in [0.2, 0.25) is 0 Å². The van der Waals surface area contributed by atoms with Crippen LogP contribution in [0.5, 0.6) is 0 Å². The third kappa shape index (κ3) is 4.57. The van der Waals surface area contributed by atoms with Crippen LogP contribution in [0.15, 0.2) is 11.4 Å². The zero-order valence-corrected chi connectivity index (χ0v) is 14.7. The Morgan fingerprint density at radius 2 is 2.12 bits per heavy atom. The lowest BCUT2D eigenvalue weighted by molar-refractivity contribution is -0.134. The Kier molecular flexibility index (Phi) is 6.80. The van der Waals surface area contributed by atoms with E-state index in [2.05, 4.69) is 9.97 Å². The second-order valence-electron chi connectivity index (χ2n) is 5.12. The van der Waals surface area contributed by atoms with Gasteiger partial charge >= 0.3 is 5.97 Å². The summed E-state index contributed by atoms with van der Waals surface area (Å²) < 4.78 is 10.2. The van der Waals surface area contributed by atoms with E-state index in [1.165, 1.54) is 18.0 Å². The molecule has 0 saturated carbocycles. The van der Waals surface area contributed by atoms with Gasteiger partial charge in [-0.05, 0) is 13.3 Å². The van der Waals surface area contributed by atoms with Gasteiger partial charge in [0.2, 0.25) is 5.91 Å². The minimum absolute atomic E-state index is 0.0439. The first-order valence-electron chi connectivity index (χ1n) is 7.89. The number of hydrogen-bond donors (Lipinski definition) is 1. The number of carbonyl (C=O) groups excluding carboxylic acids is 2. The standard InChI is InChI=1S/C15H22N4O4S/c1-3-11(13(20)19-5-7-22-8-6-19)24-15-17-9-10(12(16)18-15)14(21)23-4-2/h9,11H,3-8H2,1-2H3,(H2,16,17,18). The van der Waals surface area contributed by atoms with Crippen LogP contribution in [0, 0.1) is 0 Å². The molecule has 0 radical (unpaired) electrons. The van der Waals surface area contributed by atoms with Crippen LogP contribution in [0.25, 0.3) is 0 Å². The molecule has 2 N–H and O–H groups in total. The van der Waals surface area contributed by atoms with Crippen LogP contribution < -0.4 is 5.73 Å². The molecule has 1 aliphatic rings. The molecule has 1 aromatic rings. The third-order valence-electron chi connectivity index (χ3n) is 3.51. The average molecular weight is 354 g/mol. The first kappa shape index (κ1) is 18.5. The van der Waals surface area contributed by atoms with Crippen molar-refractivity contribution in [2.45, 2.75) is 30.7 Å². The maximum Gasteiger partial charge on any atom is 0.343 e. The number of thioether (sulfide) groups is 1. The van der Waals surface area contributed by atoms with Gasteiger partial charge in [-0.15, -0.1) is 0 Å². The van der Waals surface area contributed by atoms with Crippen molar-refractivity contribution in [2.24, 2.45) is 0 Å². The predicted octanol–water partition coefficient (Wildman–Crippen LogP) is 0.965. The highest BCUT2D eigenvalue weighted by Crippen LogP contribution is 2.25. The fourth-order valence-corrected chi connectivity index (χ4v) is 3.16. The van der Waals surface area contributed by atoms with Gasteiger partial charge in [-0.3, -0.25) is 4.79 Å². The molecule has 1 atom stereocenters. The normalized spacial score (nSPS) is 15.8. The van der Waals surface area contributed by atoms with Crippen LogP contribution in [-0.2, 0) is 14.3 Å². The minimum atomic E-state index is -0.553. The van der Waals surface area contributed by atoms with Crippen LogP contribution in [0.1, 0.15) is 30.6 Å². The molecule has 1 fully saturated rings. The number of ether oxygens (including phenoxy) is 2. The highest BCUT2D eigenvalue weighted by molar-refractivity contribution is 8.00. The topological polar surface area (TPSA) is 108 Å². The molecular weight excluding hydrogens is 332 g/mol. The molecule has 1 aliphatic heterocycles. The quantitative estimate of drug-likeness (QED) is 0.457. The van der Waals surface area contributed by atoms with Gasteiger partial charge in [-0.25, -0.2) is 14.8 Å². The highest BCUT2D eigenvalue weighted by atomic mass is 32.2. The number of nitrogens with zero attached hydrogens (tertiary/aromatic N) is 3. The van der Waals surface area contributed by atoms with E-state index in [0.29, 0.717) is 37.9 Å². The van der Waals surface area contributed by atoms with Crippen LogP contribution >= 0.6 is 11.8 Å². The van der Waals surface area contributed by atoms with E-state index in [9.17, 15) is 9.59 Å². The highest BCUT2D eigenvalue weighted by Gasteiger charge is 2.26. The van der Waals surface area contributed by atoms with E-state index in [0.717, 1.165) is 0 Å². The van der Waals surface area contributed by atoms with Gasteiger partial charge in [0.05, 0.1) is 25.1 Å². The van der Waals surface area contributed by atoms with Gasteiger partial charge in [-0.2, -0.15) is 0 Å². The monoisotopic (exact) mass is 354 g/mol. The molecule has 24 heavy (non-hydrogen) atoms. The molecule has 2 heterocycles. The van der Waals surface area contributed by atoms with E-state index in [-0.39, 0.29) is 29.1 Å². The molecule has 132 valence electrons. The van der Waals surface area contributed by atoms with E-state index in [1.807, 2.05) is 6.92 Å². The SMILES string of the molecule is CCOC(=O)c1cnc(SC(CC)C(=O)N2CCOCC2)nc1N. The second-order valence-corrected chi connectivity index (χ2v) is 6.29. The maximum atomic E-state index is 12.6. The number of anilines is 1. The molecular formula is C15H22N4O4S. The van der Waals surface area contributed by atoms with Crippen molar-refractivity contribution in [3.8, 4) is 0 Å². The summed E-state index contributed by atoms with van der Waals surface area (Å²) in [7, 11) is 0. The molecule has 1 unspecified atom stereocenters. The summed E-state index contributed by atoms with van der Waals surface area (Å²) >= 11 is 1.25. The summed E-state index contributed by atoms with van der Waals surface area (Å²) in [5.41, 5.74) is 5.94. The van der Waals surface area contributed by atoms with Gasteiger partial charge in [-0.1, -0.05) is 18.7 Å². The molecule has 0 bridgehead atoms. The van der Waals surface area contributed by atoms with Crippen molar-refractivity contribution >= 4 is 29.5 Å². The molecule has 0 aromatic carbocycles. The Morgan fingerprint density at radius 1 is 1.42 bits per heavy atom. The zero-order chi connectivity index (χ0) is 17.5.